The quantitative estimate of drug-likeness (QED) is 0.738. The summed E-state index contributed by atoms with van der Waals surface area (Å²) < 4.78 is 64.4. The molecule has 3 aromatic heterocycles. The molecule has 0 radical (unpaired) electrons. The molecule has 0 unspecified atom stereocenters. The minimum absolute atomic E-state index is 0.0213. The Bertz CT molecular complexity index is 865. The van der Waals surface area contributed by atoms with E-state index in [1.807, 2.05) is 0 Å². The van der Waals surface area contributed by atoms with Crippen molar-refractivity contribution >= 4 is 5.52 Å². The lowest BCUT2D eigenvalue weighted by atomic mass is 10.1. The third-order valence-electron chi connectivity index (χ3n) is 3.36. The highest BCUT2D eigenvalue weighted by atomic mass is 19.4. The maximum atomic E-state index is 13.1. The van der Waals surface area contributed by atoms with Crippen LogP contribution >= 0.6 is 0 Å². The van der Waals surface area contributed by atoms with Crippen LogP contribution in [0.3, 0.4) is 0 Å². The number of nitrogens with zero attached hydrogens (tertiary/aromatic N) is 5. The molecular formula is C13H11F5N6. The molecule has 1 N–H and O–H groups in total. The molecule has 0 atom stereocenters. The molecular weight excluding hydrogens is 335 g/mol. The number of hydrogen-bond acceptors (Lipinski definition) is 4. The van der Waals surface area contributed by atoms with E-state index in [9.17, 15) is 22.0 Å². The molecule has 6 nitrogen and oxygen atoms in total. The van der Waals surface area contributed by atoms with Gasteiger partial charge in [-0.2, -0.15) is 32.1 Å². The average Bonchev–Trinajstić information content (AvgIpc) is 3.08. The van der Waals surface area contributed by atoms with E-state index in [2.05, 4.69) is 25.3 Å². The number of H-pyrrole nitrogens is 1. The number of aromatic amines is 1. The van der Waals surface area contributed by atoms with Crippen LogP contribution in [0.1, 0.15) is 18.1 Å². The number of fused-ring (bicyclic) bond motifs is 1. The lowest BCUT2D eigenvalue weighted by Gasteiger charge is -2.18. The molecule has 3 rings (SSSR count). The van der Waals surface area contributed by atoms with Crippen molar-refractivity contribution in [1.82, 2.24) is 29.8 Å². The largest absolute Gasteiger partial charge is 0.453 e. The van der Waals surface area contributed by atoms with E-state index >= 15 is 0 Å². The molecule has 0 saturated heterocycles. The fourth-order valence-corrected chi connectivity index (χ4v) is 2.18. The maximum absolute atomic E-state index is 13.1. The summed E-state index contributed by atoms with van der Waals surface area (Å²) in [4.78, 5) is 8.21. The Morgan fingerprint density at radius 3 is 2.54 bits per heavy atom. The fourth-order valence-electron chi connectivity index (χ4n) is 2.18. The van der Waals surface area contributed by atoms with Gasteiger partial charge in [0.2, 0.25) is 5.82 Å². The molecule has 128 valence electrons. The van der Waals surface area contributed by atoms with Gasteiger partial charge in [-0.05, 0) is 19.1 Å². The number of aryl methyl sites for hydroxylation is 2. The SMILES string of the molecule is Cc1nc(-c2nc(CCC(F)(F)C(F)(F)F)n3ncccc23)n[nH]1. The highest BCUT2D eigenvalue weighted by Crippen LogP contribution is 2.38. The van der Waals surface area contributed by atoms with Gasteiger partial charge in [-0.3, -0.25) is 5.10 Å². The molecule has 0 aliphatic carbocycles. The van der Waals surface area contributed by atoms with Gasteiger partial charge >= 0.3 is 12.1 Å². The monoisotopic (exact) mass is 346 g/mol. The van der Waals surface area contributed by atoms with Gasteiger partial charge in [0.15, 0.2) is 0 Å². The summed E-state index contributed by atoms with van der Waals surface area (Å²) in [7, 11) is 0. The van der Waals surface area contributed by atoms with Crippen LogP contribution in [0.25, 0.3) is 17.0 Å². The van der Waals surface area contributed by atoms with Crippen LogP contribution in [-0.2, 0) is 6.42 Å². The van der Waals surface area contributed by atoms with Gasteiger partial charge in [0, 0.05) is 19.0 Å². The molecule has 0 aliphatic heterocycles. The van der Waals surface area contributed by atoms with Crippen LogP contribution in [0.2, 0.25) is 0 Å². The van der Waals surface area contributed by atoms with Crippen molar-refractivity contribution in [2.45, 2.75) is 31.9 Å². The van der Waals surface area contributed by atoms with Crippen molar-refractivity contribution in [2.24, 2.45) is 0 Å². The van der Waals surface area contributed by atoms with E-state index in [1.165, 1.54) is 10.7 Å². The first kappa shape index (κ1) is 16.3. The minimum atomic E-state index is -5.60. The number of aromatic nitrogens is 6. The van der Waals surface area contributed by atoms with Crippen molar-refractivity contribution < 1.29 is 22.0 Å². The van der Waals surface area contributed by atoms with Gasteiger partial charge < -0.3 is 0 Å². The molecule has 0 bridgehead atoms. The Kier molecular flexibility index (Phi) is 3.73. The van der Waals surface area contributed by atoms with Gasteiger partial charge in [-0.15, -0.1) is 0 Å². The molecule has 24 heavy (non-hydrogen) atoms. The lowest BCUT2D eigenvalue weighted by molar-refractivity contribution is -0.284. The average molecular weight is 346 g/mol. The summed E-state index contributed by atoms with van der Waals surface area (Å²) in [5.41, 5.74) is 0.680. The molecule has 0 amide bonds. The first-order chi connectivity index (χ1) is 11.2. The van der Waals surface area contributed by atoms with E-state index in [0.717, 1.165) is 0 Å². The van der Waals surface area contributed by atoms with E-state index in [4.69, 9.17) is 0 Å². The number of rotatable bonds is 4. The zero-order chi connectivity index (χ0) is 17.5. The number of alkyl halides is 5. The van der Waals surface area contributed by atoms with Crippen LogP contribution in [0, 0.1) is 6.92 Å². The molecule has 11 heteroatoms. The third-order valence-corrected chi connectivity index (χ3v) is 3.36. The summed E-state index contributed by atoms with van der Waals surface area (Å²) in [5.74, 6) is -4.09. The zero-order valence-corrected chi connectivity index (χ0v) is 12.3. The lowest BCUT2D eigenvalue weighted by Crippen LogP contribution is -2.36. The highest BCUT2D eigenvalue weighted by Gasteiger charge is 2.56. The summed E-state index contributed by atoms with van der Waals surface area (Å²) in [6, 6.07) is 3.19. The molecule has 0 aromatic carbocycles. The van der Waals surface area contributed by atoms with Crippen molar-refractivity contribution in [2.75, 3.05) is 0 Å². The summed E-state index contributed by atoms with van der Waals surface area (Å²) in [6.07, 6.45) is -6.24. The summed E-state index contributed by atoms with van der Waals surface area (Å²) in [5, 5.41) is 10.5. The zero-order valence-electron chi connectivity index (χ0n) is 12.3. The predicted molar refractivity (Wildman–Crippen MR) is 72.4 cm³/mol. The van der Waals surface area contributed by atoms with Gasteiger partial charge in [-0.25, -0.2) is 14.5 Å². The highest BCUT2D eigenvalue weighted by molar-refractivity contribution is 5.72. The topological polar surface area (TPSA) is 71.8 Å². The normalized spacial score (nSPS) is 12.9. The van der Waals surface area contributed by atoms with E-state index < -0.39 is 24.9 Å². The summed E-state index contributed by atoms with van der Waals surface area (Å²) in [6.45, 7) is 1.66. The molecule has 3 heterocycles. The summed E-state index contributed by atoms with van der Waals surface area (Å²) >= 11 is 0. The van der Waals surface area contributed by atoms with Gasteiger partial charge in [-0.1, -0.05) is 0 Å². The van der Waals surface area contributed by atoms with Crippen LogP contribution in [0.15, 0.2) is 18.3 Å². The first-order valence-electron chi connectivity index (χ1n) is 6.85. The van der Waals surface area contributed by atoms with Crippen LogP contribution in [-0.4, -0.2) is 41.9 Å². The minimum Gasteiger partial charge on any atom is -0.263 e. The Morgan fingerprint density at radius 1 is 1.17 bits per heavy atom. The van der Waals surface area contributed by atoms with Gasteiger partial charge in [0.25, 0.3) is 0 Å². The smallest absolute Gasteiger partial charge is 0.263 e. The molecule has 0 spiro atoms. The number of imidazole rings is 1. The second kappa shape index (κ2) is 5.49. The second-order valence-corrected chi connectivity index (χ2v) is 5.14. The second-order valence-electron chi connectivity index (χ2n) is 5.14. The first-order valence-corrected chi connectivity index (χ1v) is 6.85. The Balaban J connectivity index is 1.98. The third kappa shape index (κ3) is 2.81. The van der Waals surface area contributed by atoms with E-state index in [0.29, 0.717) is 11.3 Å². The van der Waals surface area contributed by atoms with Crippen LogP contribution in [0.5, 0.6) is 0 Å². The van der Waals surface area contributed by atoms with Crippen LogP contribution < -0.4 is 0 Å². The Hall–Kier alpha value is -2.59. The maximum Gasteiger partial charge on any atom is 0.453 e. The molecule has 0 fully saturated rings. The molecule has 3 aromatic rings. The van der Waals surface area contributed by atoms with Crippen molar-refractivity contribution in [1.29, 1.82) is 0 Å². The number of nitrogens with one attached hydrogen (secondary N) is 1. The standard InChI is InChI=1S/C13H11F5N6/c1-7-20-11(23-22-7)10-8-3-2-6-19-24(8)9(21-10)4-5-12(14,15)13(16,17)18/h2-3,6H,4-5H2,1H3,(H,20,22,23). The van der Waals surface area contributed by atoms with Gasteiger partial charge in [0.05, 0.1) is 5.52 Å². The Labute approximate surface area is 131 Å². The Morgan fingerprint density at radius 2 is 1.92 bits per heavy atom. The van der Waals surface area contributed by atoms with Crippen molar-refractivity contribution in [3.63, 3.8) is 0 Å². The number of hydrogen-bond donors (Lipinski definition) is 1. The predicted octanol–water partition coefficient (Wildman–Crippen LogP) is 2.95. The van der Waals surface area contributed by atoms with Gasteiger partial charge in [0.1, 0.15) is 17.3 Å². The molecule has 0 aliphatic rings. The van der Waals surface area contributed by atoms with Crippen molar-refractivity contribution in [3.8, 4) is 11.5 Å². The van der Waals surface area contributed by atoms with Crippen LogP contribution in [0.4, 0.5) is 22.0 Å². The van der Waals surface area contributed by atoms with Crippen molar-refractivity contribution in [3.05, 3.63) is 30.0 Å². The van der Waals surface area contributed by atoms with E-state index in [-0.39, 0.29) is 17.3 Å². The molecule has 0 saturated carbocycles. The van der Waals surface area contributed by atoms with E-state index in [1.54, 1.807) is 19.1 Å². The number of halogens is 5. The fraction of sp³-hybridized carbons (Fsp3) is 0.385.